The van der Waals surface area contributed by atoms with E-state index in [1.54, 1.807) is 12.3 Å². The summed E-state index contributed by atoms with van der Waals surface area (Å²) in [6, 6.07) is 9.50. The van der Waals surface area contributed by atoms with Crippen molar-refractivity contribution in [3.05, 3.63) is 59.2 Å². The summed E-state index contributed by atoms with van der Waals surface area (Å²) >= 11 is 1.32. The van der Waals surface area contributed by atoms with Gasteiger partial charge in [0, 0.05) is 29.6 Å². The number of hydrogen-bond acceptors (Lipinski definition) is 5. The summed E-state index contributed by atoms with van der Waals surface area (Å²) in [6.45, 7) is 1.83. The van der Waals surface area contributed by atoms with E-state index < -0.39 is 16.9 Å². The maximum atomic E-state index is 12.0. The van der Waals surface area contributed by atoms with E-state index in [1.165, 1.54) is 27.8 Å². The lowest BCUT2D eigenvalue weighted by molar-refractivity contribution is -0.115. The Morgan fingerprint density at radius 3 is 2.81 bits per heavy atom. The van der Waals surface area contributed by atoms with Crippen LogP contribution in [0.2, 0.25) is 0 Å². The number of anilines is 1. The summed E-state index contributed by atoms with van der Waals surface area (Å²) < 4.78 is 12.8. The fourth-order valence-corrected chi connectivity index (χ4v) is 3.60. The predicted molar refractivity (Wildman–Crippen MR) is 107 cm³/mol. The topological polar surface area (TPSA) is 93.1 Å². The van der Waals surface area contributed by atoms with E-state index in [0.29, 0.717) is 10.7 Å². The first-order valence-electron chi connectivity index (χ1n) is 8.05. The molecule has 27 heavy (non-hydrogen) atoms. The van der Waals surface area contributed by atoms with E-state index in [2.05, 4.69) is 15.6 Å². The maximum Gasteiger partial charge on any atom is 0.253 e. The summed E-state index contributed by atoms with van der Waals surface area (Å²) in [4.78, 5) is 28.5. The Hall–Kier alpha value is -2.78. The Bertz CT molecular complexity index is 1010. The Labute approximate surface area is 163 Å². The Balaban J connectivity index is 1.55. The third-order valence-electron chi connectivity index (χ3n) is 3.70. The number of carbonyl (C=O) groups is 2. The summed E-state index contributed by atoms with van der Waals surface area (Å²) in [7, 11) is -1.23. The Morgan fingerprint density at radius 2 is 2.11 bits per heavy atom. The number of benzene rings is 1. The van der Waals surface area contributed by atoms with Crippen LogP contribution >= 0.6 is 11.3 Å². The SMILES string of the molecule is Cc1cccc(-c2csc(NC(=O)CNC(=O)c3ccn(S(C)=O)c3)n2)c1. The first-order chi connectivity index (χ1) is 12.9. The molecule has 140 valence electrons. The number of nitrogens with one attached hydrogen (secondary N) is 2. The van der Waals surface area contributed by atoms with Crippen LogP contribution in [0.5, 0.6) is 0 Å². The van der Waals surface area contributed by atoms with E-state index in [9.17, 15) is 13.8 Å². The Kier molecular flexibility index (Phi) is 5.82. The molecule has 0 aliphatic rings. The van der Waals surface area contributed by atoms with Gasteiger partial charge in [-0.1, -0.05) is 23.8 Å². The second-order valence-corrected chi connectivity index (χ2v) is 7.95. The van der Waals surface area contributed by atoms with Crippen molar-refractivity contribution in [1.82, 2.24) is 14.3 Å². The number of amides is 2. The van der Waals surface area contributed by atoms with Crippen molar-refractivity contribution in [3.8, 4) is 11.3 Å². The van der Waals surface area contributed by atoms with Crippen molar-refractivity contribution in [3.63, 3.8) is 0 Å². The number of aromatic nitrogens is 2. The molecular formula is C18H18N4O3S2. The summed E-state index contributed by atoms with van der Waals surface area (Å²) in [5, 5.41) is 7.55. The lowest BCUT2D eigenvalue weighted by Crippen LogP contribution is -2.32. The van der Waals surface area contributed by atoms with Gasteiger partial charge in [-0.05, 0) is 19.1 Å². The van der Waals surface area contributed by atoms with Gasteiger partial charge in [0.1, 0.15) is 11.0 Å². The van der Waals surface area contributed by atoms with Crippen LogP contribution in [0.1, 0.15) is 15.9 Å². The molecular weight excluding hydrogens is 384 g/mol. The average molecular weight is 403 g/mol. The maximum absolute atomic E-state index is 12.0. The molecule has 0 saturated carbocycles. The largest absolute Gasteiger partial charge is 0.343 e. The van der Waals surface area contributed by atoms with Crippen molar-refractivity contribution in [2.75, 3.05) is 18.1 Å². The number of aryl methyl sites for hydroxylation is 1. The molecule has 0 spiro atoms. The molecule has 0 aliphatic heterocycles. The van der Waals surface area contributed by atoms with Gasteiger partial charge in [0.05, 0.1) is 17.8 Å². The quantitative estimate of drug-likeness (QED) is 0.662. The minimum atomic E-state index is -1.23. The molecule has 3 rings (SSSR count). The minimum Gasteiger partial charge on any atom is -0.343 e. The molecule has 0 saturated heterocycles. The molecule has 1 aromatic carbocycles. The summed E-state index contributed by atoms with van der Waals surface area (Å²) in [5.41, 5.74) is 3.25. The molecule has 2 aromatic heterocycles. The van der Waals surface area contributed by atoms with E-state index in [1.807, 2.05) is 36.6 Å². The van der Waals surface area contributed by atoms with Crippen molar-refractivity contribution in [2.45, 2.75) is 6.92 Å². The summed E-state index contributed by atoms with van der Waals surface area (Å²) in [6.07, 6.45) is 4.53. The highest BCUT2D eigenvalue weighted by atomic mass is 32.2. The highest BCUT2D eigenvalue weighted by Crippen LogP contribution is 2.25. The molecule has 3 aromatic rings. The van der Waals surface area contributed by atoms with Crippen LogP contribution in [0.15, 0.2) is 48.1 Å². The third kappa shape index (κ3) is 4.89. The van der Waals surface area contributed by atoms with Gasteiger partial charge in [0.15, 0.2) is 5.13 Å². The van der Waals surface area contributed by atoms with E-state index in [0.717, 1.165) is 16.8 Å². The standard InChI is InChI=1S/C18H18N4O3S2/c1-12-4-3-5-13(8-12)15-11-26-18(20-15)21-16(23)9-19-17(24)14-6-7-22(10-14)27(2)25/h3-8,10-11H,9H2,1-2H3,(H,19,24)(H,20,21,23). The molecule has 9 heteroatoms. The van der Waals surface area contributed by atoms with Gasteiger partial charge in [-0.15, -0.1) is 11.3 Å². The van der Waals surface area contributed by atoms with Crippen LogP contribution < -0.4 is 10.6 Å². The number of hydrogen-bond donors (Lipinski definition) is 2. The van der Waals surface area contributed by atoms with Crippen molar-refractivity contribution < 1.29 is 13.8 Å². The first kappa shape index (κ1) is 19.0. The number of carbonyl (C=O) groups excluding carboxylic acids is 2. The molecule has 0 radical (unpaired) electrons. The molecule has 1 atom stereocenters. The fourth-order valence-electron chi connectivity index (χ4n) is 2.37. The fraction of sp³-hybridized carbons (Fsp3) is 0.167. The van der Waals surface area contributed by atoms with E-state index >= 15 is 0 Å². The van der Waals surface area contributed by atoms with Gasteiger partial charge < -0.3 is 10.6 Å². The van der Waals surface area contributed by atoms with E-state index in [-0.39, 0.29) is 12.5 Å². The second-order valence-electron chi connectivity index (χ2n) is 5.82. The molecule has 2 N–H and O–H groups in total. The highest BCUT2D eigenvalue weighted by Gasteiger charge is 2.12. The zero-order valence-electron chi connectivity index (χ0n) is 14.8. The summed E-state index contributed by atoms with van der Waals surface area (Å²) in [5.74, 6) is -0.777. The third-order valence-corrected chi connectivity index (χ3v) is 5.28. The van der Waals surface area contributed by atoms with Gasteiger partial charge in [-0.3, -0.25) is 13.6 Å². The molecule has 7 nitrogen and oxygen atoms in total. The van der Waals surface area contributed by atoms with Crippen molar-refractivity contribution in [1.29, 1.82) is 0 Å². The van der Waals surface area contributed by atoms with Gasteiger partial charge in [0.2, 0.25) is 5.91 Å². The van der Waals surface area contributed by atoms with Crippen molar-refractivity contribution >= 4 is 39.3 Å². The normalized spacial score (nSPS) is 11.8. The number of nitrogens with zero attached hydrogens (tertiary/aromatic N) is 2. The average Bonchev–Trinajstić information content (AvgIpc) is 3.29. The van der Waals surface area contributed by atoms with Crippen molar-refractivity contribution in [2.24, 2.45) is 0 Å². The van der Waals surface area contributed by atoms with Gasteiger partial charge >= 0.3 is 0 Å². The first-order valence-corrected chi connectivity index (χ1v) is 10.4. The Morgan fingerprint density at radius 1 is 1.30 bits per heavy atom. The lowest BCUT2D eigenvalue weighted by Gasteiger charge is -2.04. The van der Waals surface area contributed by atoms with E-state index in [4.69, 9.17) is 0 Å². The van der Waals surface area contributed by atoms with Gasteiger partial charge in [-0.2, -0.15) is 0 Å². The zero-order chi connectivity index (χ0) is 19.4. The molecule has 2 heterocycles. The van der Waals surface area contributed by atoms with Crippen LogP contribution in [0.3, 0.4) is 0 Å². The molecule has 2 amide bonds. The minimum absolute atomic E-state index is 0.182. The van der Waals surface area contributed by atoms with Crippen LogP contribution in [0.4, 0.5) is 5.13 Å². The zero-order valence-corrected chi connectivity index (χ0v) is 16.4. The monoisotopic (exact) mass is 402 g/mol. The van der Waals surface area contributed by atoms with Crippen LogP contribution in [0.25, 0.3) is 11.3 Å². The molecule has 0 aliphatic carbocycles. The number of rotatable bonds is 6. The molecule has 0 bridgehead atoms. The lowest BCUT2D eigenvalue weighted by atomic mass is 10.1. The van der Waals surface area contributed by atoms with Crippen LogP contribution in [-0.4, -0.2) is 37.8 Å². The van der Waals surface area contributed by atoms with Crippen LogP contribution in [-0.2, 0) is 15.8 Å². The van der Waals surface area contributed by atoms with Crippen LogP contribution in [0, 0.1) is 6.92 Å². The predicted octanol–water partition coefficient (Wildman–Crippen LogP) is 2.43. The highest BCUT2D eigenvalue weighted by molar-refractivity contribution is 7.82. The smallest absolute Gasteiger partial charge is 0.253 e. The van der Waals surface area contributed by atoms with Gasteiger partial charge in [0.25, 0.3) is 5.91 Å². The number of thiazole rings is 1. The molecule has 1 unspecified atom stereocenters. The second kappa shape index (κ2) is 8.28. The molecule has 0 fully saturated rings. The van der Waals surface area contributed by atoms with Gasteiger partial charge in [-0.25, -0.2) is 9.19 Å².